The van der Waals surface area contributed by atoms with Crippen molar-refractivity contribution in [1.82, 2.24) is 14.8 Å². The Morgan fingerprint density at radius 3 is 2.49 bits per heavy atom. The lowest BCUT2D eigenvalue weighted by atomic mass is 10.2. The zero-order valence-corrected chi connectivity index (χ0v) is 21.9. The third-order valence-corrected chi connectivity index (χ3v) is 7.56. The van der Waals surface area contributed by atoms with Crippen LogP contribution in [-0.2, 0) is 16.0 Å². The molecule has 1 N–H and O–H groups in total. The van der Waals surface area contributed by atoms with Gasteiger partial charge < -0.3 is 20.0 Å². The lowest BCUT2D eigenvalue weighted by molar-refractivity contribution is -0.130. The minimum Gasteiger partial charge on any atom is -0.368 e. The Bertz CT molecular complexity index is 1270. The summed E-state index contributed by atoms with van der Waals surface area (Å²) in [7, 11) is 0. The second-order valence-corrected chi connectivity index (χ2v) is 10.5. The number of rotatable bonds is 8. The number of nitrogens with zero attached hydrogens (tertiary/aromatic N) is 4. The van der Waals surface area contributed by atoms with Gasteiger partial charge in [0, 0.05) is 53.9 Å². The molecule has 1 saturated carbocycles. The topological polar surface area (TPSA) is 85.8 Å². The van der Waals surface area contributed by atoms with Crippen molar-refractivity contribution in [3.8, 4) is 0 Å². The van der Waals surface area contributed by atoms with E-state index >= 15 is 0 Å². The van der Waals surface area contributed by atoms with Crippen LogP contribution in [0.15, 0.2) is 60.0 Å². The van der Waals surface area contributed by atoms with Crippen LogP contribution in [0, 0.1) is 0 Å². The number of hydrogen-bond donors (Lipinski definition) is 1. The van der Waals surface area contributed by atoms with Crippen molar-refractivity contribution < 1.29 is 14.4 Å². The fraction of sp³-hybridized carbons (Fsp3) is 0.333. The lowest BCUT2D eigenvalue weighted by Crippen LogP contribution is -2.49. The number of aromatic nitrogens is 1. The summed E-state index contributed by atoms with van der Waals surface area (Å²) in [5, 5.41) is 5.72. The monoisotopic (exact) mass is 537 g/mol. The number of halogens is 1. The molecule has 1 saturated heterocycles. The molecule has 8 nitrogen and oxygen atoms in total. The van der Waals surface area contributed by atoms with Crippen LogP contribution in [0.2, 0.25) is 5.02 Å². The van der Waals surface area contributed by atoms with E-state index in [-0.39, 0.29) is 36.7 Å². The molecule has 0 unspecified atom stereocenters. The molecule has 3 aromatic rings. The maximum absolute atomic E-state index is 12.9. The van der Waals surface area contributed by atoms with E-state index in [1.165, 1.54) is 11.3 Å². The number of hydrogen-bond acceptors (Lipinski definition) is 6. The van der Waals surface area contributed by atoms with Crippen LogP contribution in [0.3, 0.4) is 0 Å². The van der Waals surface area contributed by atoms with E-state index in [0.717, 1.165) is 31.6 Å². The first kappa shape index (κ1) is 25.2. The molecule has 37 heavy (non-hydrogen) atoms. The van der Waals surface area contributed by atoms with Crippen LogP contribution in [0.25, 0.3) is 0 Å². The van der Waals surface area contributed by atoms with Gasteiger partial charge in [0.05, 0.1) is 12.1 Å². The van der Waals surface area contributed by atoms with Gasteiger partial charge in [0.15, 0.2) is 5.13 Å². The normalized spacial score (nSPS) is 15.4. The zero-order chi connectivity index (χ0) is 25.8. The second kappa shape index (κ2) is 11.3. The van der Waals surface area contributed by atoms with Crippen molar-refractivity contribution in [2.45, 2.75) is 25.3 Å². The first-order valence-corrected chi connectivity index (χ1v) is 13.6. The molecule has 1 aromatic heterocycles. The maximum atomic E-state index is 12.9. The smallest absolute Gasteiger partial charge is 0.254 e. The van der Waals surface area contributed by atoms with Gasteiger partial charge in [-0.1, -0.05) is 35.9 Å². The first-order chi connectivity index (χ1) is 18.0. The van der Waals surface area contributed by atoms with Crippen LogP contribution < -0.4 is 10.2 Å². The van der Waals surface area contributed by atoms with Crippen LogP contribution in [0.1, 0.15) is 28.9 Å². The van der Waals surface area contributed by atoms with Crippen molar-refractivity contribution in [1.29, 1.82) is 0 Å². The summed E-state index contributed by atoms with van der Waals surface area (Å²) in [5.74, 6) is -0.415. The van der Waals surface area contributed by atoms with E-state index < -0.39 is 0 Å². The average molecular weight is 538 g/mol. The molecule has 1 aliphatic carbocycles. The molecular formula is C27H28ClN5O3S. The van der Waals surface area contributed by atoms with Crippen molar-refractivity contribution in [2.75, 3.05) is 42.9 Å². The minimum atomic E-state index is -0.291. The molecular weight excluding hydrogens is 510 g/mol. The number of carbonyl (C=O) groups is 3. The predicted molar refractivity (Wildman–Crippen MR) is 145 cm³/mol. The Kier molecular flexibility index (Phi) is 7.71. The summed E-state index contributed by atoms with van der Waals surface area (Å²) in [4.78, 5) is 48.6. The molecule has 0 spiro atoms. The maximum Gasteiger partial charge on any atom is 0.254 e. The Hall–Kier alpha value is -3.43. The number of nitrogens with one attached hydrogen (secondary N) is 1. The van der Waals surface area contributed by atoms with Crippen LogP contribution in [0.4, 0.5) is 10.8 Å². The zero-order valence-electron chi connectivity index (χ0n) is 20.3. The van der Waals surface area contributed by atoms with Gasteiger partial charge in [-0.05, 0) is 43.2 Å². The molecule has 0 bridgehead atoms. The summed E-state index contributed by atoms with van der Waals surface area (Å²) in [6, 6.07) is 16.8. The fourth-order valence-electron chi connectivity index (χ4n) is 4.41. The standard InChI is InChI=1S/C27H28ClN5O3S/c28-20-7-4-8-23(15-20)31-11-13-32(14-12-31)25(35)16-21-18-37-27(29-21)30-24(34)17-33(22-9-10-22)26(36)19-5-2-1-3-6-19/h1-8,15,18,22H,9-14,16-17H2,(H,29,30,34). The highest BCUT2D eigenvalue weighted by molar-refractivity contribution is 7.13. The second-order valence-electron chi connectivity index (χ2n) is 9.25. The van der Waals surface area contributed by atoms with E-state index in [9.17, 15) is 14.4 Å². The number of amides is 3. The van der Waals surface area contributed by atoms with Crippen molar-refractivity contribution in [3.63, 3.8) is 0 Å². The van der Waals surface area contributed by atoms with E-state index in [2.05, 4.69) is 15.2 Å². The molecule has 1 aliphatic heterocycles. The number of piperazine rings is 1. The minimum absolute atomic E-state index is 0.0160. The number of carbonyl (C=O) groups excluding carboxylic acids is 3. The molecule has 3 amide bonds. The third-order valence-electron chi connectivity index (χ3n) is 6.52. The van der Waals surface area contributed by atoms with E-state index in [4.69, 9.17) is 11.6 Å². The molecule has 2 fully saturated rings. The Balaban J connectivity index is 1.11. The molecule has 0 atom stereocenters. The molecule has 2 aliphatic rings. The number of thiazole rings is 1. The van der Waals surface area contributed by atoms with Crippen molar-refractivity contribution >= 4 is 51.5 Å². The number of benzene rings is 2. The van der Waals surface area contributed by atoms with Crippen molar-refractivity contribution in [3.05, 3.63) is 76.3 Å². The Morgan fingerprint density at radius 2 is 1.78 bits per heavy atom. The van der Waals surface area contributed by atoms with Gasteiger partial charge in [-0.25, -0.2) is 4.98 Å². The van der Waals surface area contributed by atoms with Gasteiger partial charge in [-0.2, -0.15) is 0 Å². The summed E-state index contributed by atoms with van der Waals surface area (Å²) in [6.45, 7) is 2.72. The molecule has 5 rings (SSSR count). The fourth-order valence-corrected chi connectivity index (χ4v) is 5.32. The third kappa shape index (κ3) is 6.47. The van der Waals surface area contributed by atoms with E-state index in [1.807, 2.05) is 47.4 Å². The molecule has 192 valence electrons. The predicted octanol–water partition coefficient (Wildman–Crippen LogP) is 3.93. The van der Waals surface area contributed by atoms with E-state index in [0.29, 0.717) is 34.5 Å². The van der Waals surface area contributed by atoms with Crippen LogP contribution in [0.5, 0.6) is 0 Å². The van der Waals surface area contributed by atoms with Gasteiger partial charge in [-0.3, -0.25) is 14.4 Å². The molecule has 10 heteroatoms. The molecule has 2 heterocycles. The Labute approximate surface area is 224 Å². The highest BCUT2D eigenvalue weighted by Crippen LogP contribution is 2.28. The Morgan fingerprint density at radius 1 is 1.03 bits per heavy atom. The van der Waals surface area contributed by atoms with Gasteiger partial charge >= 0.3 is 0 Å². The summed E-state index contributed by atoms with van der Waals surface area (Å²) in [5.41, 5.74) is 2.26. The van der Waals surface area contributed by atoms with Gasteiger partial charge in [0.1, 0.15) is 6.54 Å². The molecule has 0 radical (unpaired) electrons. The lowest BCUT2D eigenvalue weighted by Gasteiger charge is -2.36. The highest BCUT2D eigenvalue weighted by Gasteiger charge is 2.34. The summed E-state index contributed by atoms with van der Waals surface area (Å²) >= 11 is 7.39. The average Bonchev–Trinajstić information content (AvgIpc) is 3.67. The number of anilines is 2. The van der Waals surface area contributed by atoms with Crippen LogP contribution in [-0.4, -0.2) is 71.3 Å². The first-order valence-electron chi connectivity index (χ1n) is 12.3. The molecule has 2 aromatic carbocycles. The van der Waals surface area contributed by atoms with Crippen molar-refractivity contribution in [2.24, 2.45) is 0 Å². The van der Waals surface area contributed by atoms with Gasteiger partial charge in [0.25, 0.3) is 5.91 Å². The van der Waals surface area contributed by atoms with E-state index in [1.54, 1.807) is 22.4 Å². The van der Waals surface area contributed by atoms with Gasteiger partial charge in [0.2, 0.25) is 11.8 Å². The van der Waals surface area contributed by atoms with Crippen LogP contribution >= 0.6 is 22.9 Å². The summed E-state index contributed by atoms with van der Waals surface area (Å²) < 4.78 is 0. The van der Waals surface area contributed by atoms with Gasteiger partial charge in [-0.15, -0.1) is 11.3 Å². The quantitative estimate of drug-likeness (QED) is 0.470. The largest absolute Gasteiger partial charge is 0.368 e. The summed E-state index contributed by atoms with van der Waals surface area (Å²) in [6.07, 6.45) is 2.00. The SMILES string of the molecule is O=C(CN(C(=O)c1ccccc1)C1CC1)Nc1nc(CC(=O)N2CCN(c3cccc(Cl)c3)CC2)cs1. The highest BCUT2D eigenvalue weighted by atomic mass is 35.5.